The number of hydrogen-bond donors (Lipinski definition) is 1. The molecule has 0 aliphatic rings. The second-order valence-electron chi connectivity index (χ2n) is 3.62. The molecule has 0 unspecified atom stereocenters. The summed E-state index contributed by atoms with van der Waals surface area (Å²) in [5.41, 5.74) is 0.0425. The van der Waals surface area contributed by atoms with Crippen LogP contribution in [0.5, 0.6) is 0 Å². The fraction of sp³-hybridized carbons (Fsp3) is 0.667. The van der Waals surface area contributed by atoms with Crippen LogP contribution in [0.1, 0.15) is 33.1 Å². The predicted molar refractivity (Wildman–Crippen MR) is 63.8 cm³/mol. The molecule has 18 heavy (non-hydrogen) atoms. The lowest BCUT2D eigenvalue weighted by molar-refractivity contribution is -0.145. The summed E-state index contributed by atoms with van der Waals surface area (Å²) in [5.74, 6) is -1.41. The largest absolute Gasteiger partial charge is 0.478 e. The first-order chi connectivity index (χ1) is 8.46. The van der Waals surface area contributed by atoms with Gasteiger partial charge in [0, 0.05) is 27.1 Å². The van der Waals surface area contributed by atoms with Gasteiger partial charge in [0.1, 0.15) is 5.76 Å². The summed E-state index contributed by atoms with van der Waals surface area (Å²) in [7, 11) is 2.96. The Bertz CT molecular complexity index is 317. The third-order valence-electron chi connectivity index (χ3n) is 2.41. The second-order valence-corrected chi connectivity index (χ2v) is 3.62. The zero-order valence-electron chi connectivity index (χ0n) is 11.2. The Morgan fingerprint density at radius 1 is 1.22 bits per heavy atom. The minimum atomic E-state index is -1.09. The molecule has 1 N–H and O–H groups in total. The SMILES string of the molecule is CC/C(OC(=O)CCC(OC)OC)=C(/C)C(=O)O. The van der Waals surface area contributed by atoms with Crippen LogP contribution in [0.25, 0.3) is 0 Å². The fourth-order valence-corrected chi connectivity index (χ4v) is 1.29. The molecule has 0 heterocycles. The number of rotatable bonds is 8. The van der Waals surface area contributed by atoms with Crippen LogP contribution in [0, 0.1) is 0 Å². The standard InChI is InChI=1S/C12H20O6/c1-5-9(8(2)12(14)15)18-10(13)6-7-11(16-3)17-4/h11H,5-7H2,1-4H3,(H,14,15)/b9-8+. The number of ether oxygens (including phenoxy) is 3. The summed E-state index contributed by atoms with van der Waals surface area (Å²) in [6.07, 6.45) is 0.340. The highest BCUT2D eigenvalue weighted by molar-refractivity contribution is 5.87. The van der Waals surface area contributed by atoms with Gasteiger partial charge in [-0.2, -0.15) is 0 Å². The molecule has 0 aliphatic carbocycles. The van der Waals surface area contributed by atoms with E-state index in [9.17, 15) is 9.59 Å². The van der Waals surface area contributed by atoms with Crippen molar-refractivity contribution in [2.45, 2.75) is 39.4 Å². The molecule has 0 aromatic heterocycles. The first-order valence-corrected chi connectivity index (χ1v) is 5.65. The van der Waals surface area contributed by atoms with Gasteiger partial charge in [0.05, 0.1) is 12.0 Å². The van der Waals surface area contributed by atoms with Crippen molar-refractivity contribution in [2.24, 2.45) is 0 Å². The van der Waals surface area contributed by atoms with E-state index in [4.69, 9.17) is 19.3 Å². The molecule has 0 saturated carbocycles. The molecule has 0 rings (SSSR count). The lowest BCUT2D eigenvalue weighted by Gasteiger charge is -2.13. The van der Waals surface area contributed by atoms with Crippen molar-refractivity contribution < 1.29 is 28.9 Å². The summed E-state index contributed by atoms with van der Waals surface area (Å²) in [6.45, 7) is 3.13. The average Bonchev–Trinajstić information content (AvgIpc) is 2.36. The van der Waals surface area contributed by atoms with Gasteiger partial charge < -0.3 is 19.3 Å². The monoisotopic (exact) mass is 260 g/mol. The van der Waals surface area contributed by atoms with E-state index >= 15 is 0 Å². The maximum absolute atomic E-state index is 11.5. The van der Waals surface area contributed by atoms with E-state index in [2.05, 4.69) is 0 Å². The molecule has 0 aliphatic heterocycles. The Morgan fingerprint density at radius 2 is 1.78 bits per heavy atom. The van der Waals surface area contributed by atoms with Crippen LogP contribution >= 0.6 is 0 Å². The Balaban J connectivity index is 4.38. The highest BCUT2D eigenvalue weighted by Crippen LogP contribution is 2.13. The molecule has 0 radical (unpaired) electrons. The molecule has 6 nitrogen and oxygen atoms in total. The van der Waals surface area contributed by atoms with Crippen molar-refractivity contribution in [3.05, 3.63) is 11.3 Å². The van der Waals surface area contributed by atoms with Crippen molar-refractivity contribution in [1.82, 2.24) is 0 Å². The van der Waals surface area contributed by atoms with E-state index in [0.717, 1.165) is 0 Å². The normalized spacial score (nSPS) is 12.3. The number of methoxy groups -OCH3 is 2. The lowest BCUT2D eigenvalue weighted by Crippen LogP contribution is -2.16. The second kappa shape index (κ2) is 8.66. The van der Waals surface area contributed by atoms with E-state index in [1.165, 1.54) is 21.1 Å². The van der Waals surface area contributed by atoms with Gasteiger partial charge in [-0.25, -0.2) is 4.79 Å². The molecule has 0 saturated heterocycles. The summed E-state index contributed by atoms with van der Waals surface area (Å²) in [6, 6.07) is 0. The summed E-state index contributed by atoms with van der Waals surface area (Å²) in [5, 5.41) is 8.80. The number of esters is 1. The molecule has 0 atom stereocenters. The van der Waals surface area contributed by atoms with Gasteiger partial charge in [0.25, 0.3) is 0 Å². The number of carboxylic acids is 1. The smallest absolute Gasteiger partial charge is 0.334 e. The minimum absolute atomic E-state index is 0.0425. The summed E-state index contributed by atoms with van der Waals surface area (Å²) >= 11 is 0. The average molecular weight is 260 g/mol. The maximum atomic E-state index is 11.5. The zero-order chi connectivity index (χ0) is 14.1. The Labute approximate surface area is 107 Å². The van der Waals surface area contributed by atoms with E-state index < -0.39 is 18.2 Å². The Hall–Kier alpha value is -1.40. The van der Waals surface area contributed by atoms with Crippen molar-refractivity contribution in [2.75, 3.05) is 14.2 Å². The van der Waals surface area contributed by atoms with Crippen molar-refractivity contribution in [3.8, 4) is 0 Å². The molecule has 0 bridgehead atoms. The van der Waals surface area contributed by atoms with Crippen LogP contribution in [-0.4, -0.2) is 37.6 Å². The van der Waals surface area contributed by atoms with Crippen LogP contribution in [0.3, 0.4) is 0 Å². The first kappa shape index (κ1) is 16.6. The van der Waals surface area contributed by atoms with Gasteiger partial charge in [-0.3, -0.25) is 4.79 Å². The van der Waals surface area contributed by atoms with Gasteiger partial charge in [-0.15, -0.1) is 0 Å². The Morgan fingerprint density at radius 3 is 2.17 bits per heavy atom. The van der Waals surface area contributed by atoms with Crippen LogP contribution in [0.2, 0.25) is 0 Å². The van der Waals surface area contributed by atoms with Gasteiger partial charge >= 0.3 is 11.9 Å². The Kier molecular flexibility index (Phi) is 7.98. The molecule has 0 fully saturated rings. The first-order valence-electron chi connectivity index (χ1n) is 5.65. The van der Waals surface area contributed by atoms with Crippen molar-refractivity contribution in [1.29, 1.82) is 0 Å². The number of aliphatic carboxylic acids is 1. The van der Waals surface area contributed by atoms with Crippen molar-refractivity contribution >= 4 is 11.9 Å². The molecule has 0 spiro atoms. The topological polar surface area (TPSA) is 82.1 Å². The summed E-state index contributed by atoms with van der Waals surface area (Å²) < 4.78 is 14.9. The molecular weight excluding hydrogens is 240 g/mol. The van der Waals surface area contributed by atoms with E-state index in [1.807, 2.05) is 0 Å². The van der Waals surface area contributed by atoms with Crippen LogP contribution in [-0.2, 0) is 23.8 Å². The zero-order valence-corrected chi connectivity index (χ0v) is 11.2. The van der Waals surface area contributed by atoms with E-state index in [-0.39, 0.29) is 17.8 Å². The van der Waals surface area contributed by atoms with Crippen LogP contribution in [0.4, 0.5) is 0 Å². The predicted octanol–water partition coefficient (Wildman–Crippen LogP) is 1.70. The van der Waals surface area contributed by atoms with Gasteiger partial charge in [-0.05, 0) is 6.92 Å². The number of carbonyl (C=O) groups excluding carboxylic acids is 1. The molecule has 0 amide bonds. The van der Waals surface area contributed by atoms with Crippen molar-refractivity contribution in [3.63, 3.8) is 0 Å². The highest BCUT2D eigenvalue weighted by atomic mass is 16.7. The maximum Gasteiger partial charge on any atom is 0.334 e. The third kappa shape index (κ3) is 5.79. The molecule has 0 aromatic carbocycles. The van der Waals surface area contributed by atoms with Crippen LogP contribution < -0.4 is 0 Å². The van der Waals surface area contributed by atoms with Gasteiger partial charge in [0.15, 0.2) is 6.29 Å². The van der Waals surface area contributed by atoms with Gasteiger partial charge in [-0.1, -0.05) is 6.92 Å². The molecular formula is C12H20O6. The molecule has 6 heteroatoms. The van der Waals surface area contributed by atoms with E-state index in [1.54, 1.807) is 6.92 Å². The van der Waals surface area contributed by atoms with E-state index in [0.29, 0.717) is 12.8 Å². The molecule has 104 valence electrons. The highest BCUT2D eigenvalue weighted by Gasteiger charge is 2.15. The van der Waals surface area contributed by atoms with Crippen LogP contribution in [0.15, 0.2) is 11.3 Å². The lowest BCUT2D eigenvalue weighted by atomic mass is 10.2. The fourth-order valence-electron chi connectivity index (χ4n) is 1.29. The number of hydrogen-bond acceptors (Lipinski definition) is 5. The van der Waals surface area contributed by atoms with Gasteiger partial charge in [0.2, 0.25) is 0 Å². The number of allylic oxidation sites excluding steroid dienone is 1. The molecule has 0 aromatic rings. The quantitative estimate of drug-likeness (QED) is 0.309. The number of carbonyl (C=O) groups is 2. The number of carboxylic acid groups (broad SMARTS) is 1. The minimum Gasteiger partial charge on any atom is -0.478 e. The summed E-state index contributed by atoms with van der Waals surface area (Å²) in [4.78, 5) is 22.3. The third-order valence-corrected chi connectivity index (χ3v) is 2.41.